The van der Waals surface area contributed by atoms with Gasteiger partial charge in [0, 0.05) is 12.8 Å². The Kier molecular flexibility index (Phi) is 74.9. The van der Waals surface area contributed by atoms with Crippen molar-refractivity contribution in [1.82, 2.24) is 0 Å². The summed E-state index contributed by atoms with van der Waals surface area (Å²) in [6, 6.07) is 0. The van der Waals surface area contributed by atoms with Gasteiger partial charge in [0.25, 0.3) is 7.82 Å². The van der Waals surface area contributed by atoms with Crippen LogP contribution in [0.4, 0.5) is 0 Å². The molecule has 0 N–H and O–H groups in total. The summed E-state index contributed by atoms with van der Waals surface area (Å²) in [6.45, 7) is 4.03. The number of hydrogen-bond acceptors (Lipinski definition) is 8. The molecule has 0 saturated heterocycles. The Morgan fingerprint density at radius 2 is 0.540 bits per heavy atom. The smallest absolute Gasteiger partial charge is 0.306 e. The molecule has 0 spiro atoms. The monoisotopic (exact) mass is 1410 g/mol. The van der Waals surface area contributed by atoms with Crippen LogP contribution in [0.25, 0.3) is 0 Å². The molecule has 100 heavy (non-hydrogen) atoms. The van der Waals surface area contributed by atoms with Crippen LogP contribution < -0.4 is 4.89 Å². The van der Waals surface area contributed by atoms with Crippen molar-refractivity contribution in [3.05, 3.63) is 170 Å². The summed E-state index contributed by atoms with van der Waals surface area (Å²) >= 11 is 0. The lowest BCUT2D eigenvalue weighted by atomic mass is 10.0. The number of hydrogen-bond donors (Lipinski definition) is 0. The van der Waals surface area contributed by atoms with Crippen LogP contribution in [0, 0.1) is 0 Å². The molecule has 0 aromatic rings. The Morgan fingerprint density at radius 3 is 0.800 bits per heavy atom. The van der Waals surface area contributed by atoms with Gasteiger partial charge < -0.3 is 27.9 Å². The minimum atomic E-state index is -4.65. The molecular formula is C90H152NO8P. The summed E-state index contributed by atoms with van der Waals surface area (Å²) in [5.74, 6) is -0.829. The zero-order chi connectivity index (χ0) is 72.5. The molecule has 0 aliphatic rings. The highest BCUT2D eigenvalue weighted by atomic mass is 31.2. The van der Waals surface area contributed by atoms with E-state index in [1.54, 1.807) is 0 Å². The summed E-state index contributed by atoms with van der Waals surface area (Å²) in [6.07, 6.45) is 119. The number of carbonyl (C=O) groups excluding carboxylic acids is 2. The first-order chi connectivity index (χ1) is 49.0. The van der Waals surface area contributed by atoms with E-state index < -0.39 is 26.5 Å². The number of phosphoric ester groups is 1. The molecule has 0 fully saturated rings. The summed E-state index contributed by atoms with van der Waals surface area (Å²) < 4.78 is 34.4. The van der Waals surface area contributed by atoms with Crippen molar-refractivity contribution < 1.29 is 42.1 Å². The van der Waals surface area contributed by atoms with Crippen LogP contribution in [0.15, 0.2) is 170 Å². The molecule has 570 valence electrons. The van der Waals surface area contributed by atoms with E-state index in [1.165, 1.54) is 173 Å². The predicted octanol–water partition coefficient (Wildman–Crippen LogP) is 27.0. The van der Waals surface area contributed by atoms with E-state index >= 15 is 0 Å². The molecule has 9 nitrogen and oxygen atoms in total. The van der Waals surface area contributed by atoms with Crippen molar-refractivity contribution in [2.45, 2.75) is 341 Å². The van der Waals surface area contributed by atoms with Gasteiger partial charge in [-0.15, -0.1) is 0 Å². The minimum absolute atomic E-state index is 0.0356. The summed E-state index contributed by atoms with van der Waals surface area (Å²) in [7, 11) is 1.16. The zero-order valence-electron chi connectivity index (χ0n) is 65.1. The fraction of sp³-hybridized carbons (Fsp3) is 0.667. The molecule has 0 rings (SSSR count). The molecule has 0 aromatic heterocycles. The normalized spacial score (nSPS) is 13.9. The Labute approximate surface area is 617 Å². The molecule has 0 saturated carbocycles. The maximum absolute atomic E-state index is 12.9. The highest BCUT2D eigenvalue weighted by Gasteiger charge is 2.22. The molecule has 0 amide bonds. The summed E-state index contributed by atoms with van der Waals surface area (Å²) in [5, 5.41) is 0. The van der Waals surface area contributed by atoms with Gasteiger partial charge in [-0.05, 0) is 128 Å². The number of likely N-dealkylation sites (N-methyl/N-ethyl adjacent to an activating group) is 1. The van der Waals surface area contributed by atoms with Crippen LogP contribution in [-0.4, -0.2) is 70.0 Å². The van der Waals surface area contributed by atoms with Gasteiger partial charge in [-0.3, -0.25) is 14.2 Å². The second kappa shape index (κ2) is 78.5. The maximum atomic E-state index is 12.9. The van der Waals surface area contributed by atoms with Crippen molar-refractivity contribution in [1.29, 1.82) is 0 Å². The number of quaternary nitrogens is 1. The Hall–Kier alpha value is -4.63. The third kappa shape index (κ3) is 82.3. The van der Waals surface area contributed by atoms with Gasteiger partial charge in [-0.1, -0.05) is 364 Å². The second-order valence-electron chi connectivity index (χ2n) is 28.0. The number of ether oxygens (including phenoxy) is 2. The van der Waals surface area contributed by atoms with Crippen molar-refractivity contribution in [2.24, 2.45) is 0 Å². The Morgan fingerprint density at radius 1 is 0.310 bits per heavy atom. The SMILES string of the molecule is CC/C=C\C/C=C\C/C=C\C/C=C\C/C=C\C/C=C\C/C=C\CCCCCCCCCCCCCCCCCCCC(=O)OC(COC(=O)CCCCCCCCCCCCCCCCC/C=C\C/C=C\C/C=C\C/C=C\C/C=C\C/C=C\C/C=C\CC)COP(=O)([O-])OCC[N+](C)(C)C. The number of carbonyl (C=O) groups is 2. The van der Waals surface area contributed by atoms with Gasteiger partial charge in [0.1, 0.15) is 19.8 Å². The van der Waals surface area contributed by atoms with E-state index in [0.717, 1.165) is 128 Å². The van der Waals surface area contributed by atoms with E-state index in [4.69, 9.17) is 18.5 Å². The third-order valence-electron chi connectivity index (χ3n) is 17.2. The van der Waals surface area contributed by atoms with E-state index in [1.807, 2.05) is 21.1 Å². The third-order valence-corrected chi connectivity index (χ3v) is 18.2. The minimum Gasteiger partial charge on any atom is -0.756 e. The van der Waals surface area contributed by atoms with Gasteiger partial charge in [0.15, 0.2) is 6.10 Å². The summed E-state index contributed by atoms with van der Waals surface area (Å²) in [5.41, 5.74) is 0. The maximum Gasteiger partial charge on any atom is 0.306 e. The standard InChI is InChI=1S/C90H152NO8P/c1-6-8-10-12-14-16-18-20-22-24-26-28-30-32-34-36-38-40-42-44-45-47-49-51-53-55-57-59-61-63-65-67-69-71-73-75-77-79-81-83-90(93)99-88(87-98-100(94,95)97-85-84-91(3,4)5)86-96-89(92)82-80-78-76-74-72-70-68-66-64-62-60-58-56-54-52-50-48-46-43-41-39-37-35-33-31-29-27-25-23-21-19-17-15-13-11-9-7-2/h8-11,14-17,20-23,26-29,32-35,38-41,44-46,48,88H,6-7,12-13,18-19,24-25,30-31,36-37,42-43,47,49-87H2,1-5H3/b10-8-,11-9-,16-14-,17-15-,22-20-,23-21-,28-26-,29-27-,34-32-,35-33-,40-38-,41-39-,45-44-,48-46-. The highest BCUT2D eigenvalue weighted by Crippen LogP contribution is 2.38. The largest absolute Gasteiger partial charge is 0.756 e. The van der Waals surface area contributed by atoms with Gasteiger partial charge in [0.2, 0.25) is 0 Å². The quantitative estimate of drug-likeness (QED) is 0.0195. The molecule has 10 heteroatoms. The first-order valence-electron chi connectivity index (χ1n) is 40.8. The first kappa shape index (κ1) is 95.4. The number of allylic oxidation sites excluding steroid dienone is 28. The van der Waals surface area contributed by atoms with Gasteiger partial charge in [0.05, 0.1) is 27.7 Å². The lowest BCUT2D eigenvalue weighted by Gasteiger charge is -2.28. The fourth-order valence-corrected chi connectivity index (χ4v) is 11.8. The van der Waals surface area contributed by atoms with E-state index in [2.05, 4.69) is 184 Å². The average Bonchev–Trinajstić information content (AvgIpc) is 1.07. The van der Waals surface area contributed by atoms with Gasteiger partial charge in [-0.2, -0.15) is 0 Å². The van der Waals surface area contributed by atoms with Crippen molar-refractivity contribution in [2.75, 3.05) is 47.5 Å². The molecular weight excluding hydrogens is 1250 g/mol. The van der Waals surface area contributed by atoms with Crippen LogP contribution in [0.1, 0.15) is 335 Å². The topological polar surface area (TPSA) is 111 Å². The van der Waals surface area contributed by atoms with Crippen LogP contribution in [0.2, 0.25) is 0 Å². The fourth-order valence-electron chi connectivity index (χ4n) is 11.1. The lowest BCUT2D eigenvalue weighted by Crippen LogP contribution is -2.37. The Balaban J connectivity index is 3.99. The van der Waals surface area contributed by atoms with Gasteiger partial charge in [-0.25, -0.2) is 0 Å². The Bertz CT molecular complexity index is 2300. The predicted molar refractivity (Wildman–Crippen MR) is 433 cm³/mol. The number of phosphoric acid groups is 1. The molecule has 0 heterocycles. The van der Waals surface area contributed by atoms with Crippen LogP contribution in [-0.2, 0) is 32.7 Å². The van der Waals surface area contributed by atoms with Gasteiger partial charge >= 0.3 is 11.9 Å². The molecule has 0 aliphatic heterocycles. The summed E-state index contributed by atoms with van der Waals surface area (Å²) in [4.78, 5) is 38.2. The molecule has 2 atom stereocenters. The second-order valence-corrected chi connectivity index (χ2v) is 29.4. The highest BCUT2D eigenvalue weighted by molar-refractivity contribution is 7.45. The molecule has 0 radical (unpaired) electrons. The lowest BCUT2D eigenvalue weighted by molar-refractivity contribution is -0.870. The van der Waals surface area contributed by atoms with Crippen LogP contribution in [0.5, 0.6) is 0 Å². The van der Waals surface area contributed by atoms with E-state index in [9.17, 15) is 19.0 Å². The molecule has 0 aliphatic carbocycles. The molecule has 0 aromatic carbocycles. The first-order valence-corrected chi connectivity index (χ1v) is 42.3. The number of unbranched alkanes of at least 4 members (excludes halogenated alkanes) is 32. The molecule has 0 bridgehead atoms. The van der Waals surface area contributed by atoms with Crippen molar-refractivity contribution >= 4 is 19.8 Å². The van der Waals surface area contributed by atoms with E-state index in [0.29, 0.717) is 17.4 Å². The number of esters is 2. The zero-order valence-corrected chi connectivity index (χ0v) is 66.0. The molecule has 2 unspecified atom stereocenters. The van der Waals surface area contributed by atoms with Crippen LogP contribution >= 0.6 is 7.82 Å². The number of nitrogens with zero attached hydrogens (tertiary/aromatic N) is 1. The van der Waals surface area contributed by atoms with Crippen molar-refractivity contribution in [3.63, 3.8) is 0 Å². The van der Waals surface area contributed by atoms with Crippen LogP contribution in [0.3, 0.4) is 0 Å². The van der Waals surface area contributed by atoms with Crippen molar-refractivity contribution in [3.8, 4) is 0 Å². The average molecular weight is 1410 g/mol. The van der Waals surface area contributed by atoms with E-state index in [-0.39, 0.29) is 32.0 Å². The number of rotatable bonds is 74.